The molecule has 0 spiro atoms. The predicted molar refractivity (Wildman–Crippen MR) is 74.8 cm³/mol. The van der Waals surface area contributed by atoms with E-state index in [0.29, 0.717) is 0 Å². The SMILES string of the molecule is Cc1ccccc1N1[CH2][Ge][c]2cccc(C)c21. The summed E-state index contributed by atoms with van der Waals surface area (Å²) in [6.45, 7) is 4.42. The van der Waals surface area contributed by atoms with Crippen molar-refractivity contribution in [3.8, 4) is 0 Å². The number of rotatable bonds is 1. The van der Waals surface area contributed by atoms with Gasteiger partial charge >= 0.3 is 109 Å². The molecule has 1 aliphatic heterocycles. The molecule has 0 N–H and O–H groups in total. The van der Waals surface area contributed by atoms with Crippen LogP contribution in [0.25, 0.3) is 0 Å². The molecular weight excluding hydrogens is 267 g/mol. The van der Waals surface area contributed by atoms with Crippen LogP contribution in [0.1, 0.15) is 11.1 Å². The molecule has 0 aliphatic carbocycles. The van der Waals surface area contributed by atoms with Gasteiger partial charge in [0.15, 0.2) is 0 Å². The Morgan fingerprint density at radius 3 is 2.53 bits per heavy atom. The molecule has 2 aromatic rings. The Morgan fingerprint density at radius 2 is 1.71 bits per heavy atom. The average Bonchev–Trinajstić information content (AvgIpc) is 2.75. The van der Waals surface area contributed by atoms with Crippen LogP contribution < -0.4 is 9.30 Å². The molecule has 1 aliphatic rings. The molecule has 0 aromatic heterocycles. The van der Waals surface area contributed by atoms with Crippen molar-refractivity contribution in [3.63, 3.8) is 0 Å². The Morgan fingerprint density at radius 1 is 0.941 bits per heavy atom. The first kappa shape index (κ1) is 10.9. The van der Waals surface area contributed by atoms with E-state index in [2.05, 4.69) is 61.2 Å². The minimum atomic E-state index is 0.0158. The van der Waals surface area contributed by atoms with Gasteiger partial charge in [0.1, 0.15) is 0 Å². The van der Waals surface area contributed by atoms with Crippen LogP contribution in [0.2, 0.25) is 0 Å². The maximum atomic E-state index is 2.51. The molecule has 0 saturated heterocycles. The molecule has 84 valence electrons. The topological polar surface area (TPSA) is 3.24 Å². The van der Waals surface area contributed by atoms with Gasteiger partial charge in [-0.1, -0.05) is 0 Å². The van der Waals surface area contributed by atoms with E-state index < -0.39 is 0 Å². The summed E-state index contributed by atoms with van der Waals surface area (Å²) in [5.74, 6) is 0. The van der Waals surface area contributed by atoms with Crippen LogP contribution in [0.4, 0.5) is 11.4 Å². The fraction of sp³-hybridized carbons (Fsp3) is 0.200. The zero-order chi connectivity index (χ0) is 11.8. The first-order valence-corrected chi connectivity index (χ1v) is 8.47. The predicted octanol–water partition coefficient (Wildman–Crippen LogP) is 2.74. The van der Waals surface area contributed by atoms with Crippen molar-refractivity contribution in [3.05, 3.63) is 53.6 Å². The Hall–Kier alpha value is -1.22. The van der Waals surface area contributed by atoms with Gasteiger partial charge in [-0.25, -0.2) is 0 Å². The summed E-state index contributed by atoms with van der Waals surface area (Å²) < 4.78 is 1.60. The van der Waals surface area contributed by atoms with Gasteiger partial charge in [0.25, 0.3) is 0 Å². The van der Waals surface area contributed by atoms with Crippen molar-refractivity contribution in [2.75, 3.05) is 10.3 Å². The second-order valence-corrected chi connectivity index (χ2v) is 7.06. The molecule has 1 nitrogen and oxygen atoms in total. The van der Waals surface area contributed by atoms with Crippen molar-refractivity contribution in [1.82, 2.24) is 0 Å². The number of anilines is 2. The number of benzene rings is 2. The second kappa shape index (κ2) is 4.22. The summed E-state index contributed by atoms with van der Waals surface area (Å²) in [5, 5.41) is 1.23. The monoisotopic (exact) mass is 283 g/mol. The molecule has 1 heterocycles. The molecule has 0 bridgehead atoms. The summed E-state index contributed by atoms with van der Waals surface area (Å²) in [7, 11) is 0. The Kier molecular flexibility index (Phi) is 2.71. The average molecular weight is 282 g/mol. The normalized spacial score (nSPS) is 13.9. The van der Waals surface area contributed by atoms with Crippen LogP contribution in [0, 0.1) is 13.8 Å². The standard InChI is InChI=1S/C15H15GeN/c1-11-6-3-4-9-14(11)17-10-16-13-8-5-7-12(2)15(13)17/h3-9H,10H2,1-2H3. The second-order valence-electron chi connectivity index (χ2n) is 4.52. The minimum absolute atomic E-state index is 0.0158. The Balaban J connectivity index is 2.13. The molecule has 0 amide bonds. The zero-order valence-electron chi connectivity index (χ0n) is 10.2. The number of aryl methyl sites for hydroxylation is 2. The molecule has 17 heavy (non-hydrogen) atoms. The van der Waals surface area contributed by atoms with E-state index in [9.17, 15) is 0 Å². The van der Waals surface area contributed by atoms with Gasteiger partial charge in [-0.15, -0.1) is 0 Å². The first-order valence-electron chi connectivity index (χ1n) is 5.94. The van der Waals surface area contributed by atoms with Crippen molar-refractivity contribution >= 4 is 31.2 Å². The quantitative estimate of drug-likeness (QED) is 0.727. The molecule has 2 heteroatoms. The van der Waals surface area contributed by atoms with Gasteiger partial charge in [-0.3, -0.25) is 0 Å². The van der Waals surface area contributed by atoms with Crippen molar-refractivity contribution < 1.29 is 0 Å². The van der Waals surface area contributed by atoms with Gasteiger partial charge < -0.3 is 0 Å². The van der Waals surface area contributed by atoms with Gasteiger partial charge in [0.2, 0.25) is 0 Å². The number of hydrogen-bond donors (Lipinski definition) is 0. The molecular formula is C15H15GeN. The van der Waals surface area contributed by atoms with Crippen molar-refractivity contribution in [2.45, 2.75) is 13.8 Å². The maximum absolute atomic E-state index is 2.51. The number of para-hydroxylation sites is 2. The fourth-order valence-corrected chi connectivity index (χ4v) is 5.35. The van der Waals surface area contributed by atoms with Gasteiger partial charge in [-0.2, -0.15) is 0 Å². The van der Waals surface area contributed by atoms with E-state index in [1.807, 2.05) is 0 Å². The summed E-state index contributed by atoms with van der Waals surface area (Å²) in [6.07, 6.45) is 0. The van der Waals surface area contributed by atoms with Crippen LogP contribution in [-0.4, -0.2) is 20.8 Å². The van der Waals surface area contributed by atoms with Gasteiger partial charge in [0.05, 0.1) is 0 Å². The van der Waals surface area contributed by atoms with Crippen LogP contribution >= 0.6 is 0 Å². The molecule has 3 rings (SSSR count). The number of nitrogens with zero attached hydrogens (tertiary/aromatic N) is 1. The number of hydrogen-bond acceptors (Lipinski definition) is 1. The van der Waals surface area contributed by atoms with E-state index in [1.54, 1.807) is 4.40 Å². The van der Waals surface area contributed by atoms with Crippen LogP contribution in [0.15, 0.2) is 42.5 Å². The van der Waals surface area contributed by atoms with E-state index in [1.165, 1.54) is 27.9 Å². The first-order chi connectivity index (χ1) is 8.27. The molecule has 0 unspecified atom stereocenters. The molecule has 0 atom stereocenters. The summed E-state index contributed by atoms with van der Waals surface area (Å²) in [4.78, 5) is 2.51. The molecule has 2 aromatic carbocycles. The molecule has 2 radical (unpaired) electrons. The van der Waals surface area contributed by atoms with Crippen LogP contribution in [-0.2, 0) is 0 Å². The zero-order valence-corrected chi connectivity index (χ0v) is 12.3. The summed E-state index contributed by atoms with van der Waals surface area (Å²) >= 11 is 0.0158. The third kappa shape index (κ3) is 1.79. The van der Waals surface area contributed by atoms with Crippen molar-refractivity contribution in [2.24, 2.45) is 0 Å². The third-order valence-corrected chi connectivity index (χ3v) is 5.98. The molecule has 0 fully saturated rings. The summed E-state index contributed by atoms with van der Waals surface area (Å²) in [5.41, 5.74) is 5.63. The Labute approximate surface area is 109 Å². The van der Waals surface area contributed by atoms with E-state index >= 15 is 0 Å². The van der Waals surface area contributed by atoms with Crippen molar-refractivity contribution in [1.29, 1.82) is 0 Å². The van der Waals surface area contributed by atoms with Gasteiger partial charge in [-0.05, 0) is 0 Å². The fourth-order valence-electron chi connectivity index (χ4n) is 2.48. The third-order valence-electron chi connectivity index (χ3n) is 3.34. The van der Waals surface area contributed by atoms with E-state index in [-0.39, 0.29) is 15.4 Å². The van der Waals surface area contributed by atoms with E-state index in [4.69, 9.17) is 0 Å². The summed E-state index contributed by atoms with van der Waals surface area (Å²) in [6, 6.07) is 15.4. The van der Waals surface area contributed by atoms with Crippen LogP contribution in [0.5, 0.6) is 0 Å². The molecule has 0 saturated carbocycles. The van der Waals surface area contributed by atoms with Gasteiger partial charge in [0, 0.05) is 0 Å². The Bertz CT molecular complexity index is 563. The van der Waals surface area contributed by atoms with Crippen LogP contribution in [0.3, 0.4) is 0 Å². The number of fused-ring (bicyclic) bond motifs is 1. The van der Waals surface area contributed by atoms with E-state index in [0.717, 1.165) is 0 Å².